The summed E-state index contributed by atoms with van der Waals surface area (Å²) in [6, 6.07) is 20.6. The van der Waals surface area contributed by atoms with Gasteiger partial charge in [-0.15, -0.1) is 12.4 Å². The number of hydrogen-bond donors (Lipinski definition) is 5. The maximum Gasteiger partial charge on any atom is 0.253 e. The highest BCUT2D eigenvalue weighted by Gasteiger charge is 2.51. The van der Waals surface area contributed by atoms with Crippen LogP contribution in [-0.2, 0) is 30.3 Å². The topological polar surface area (TPSA) is 169 Å². The Morgan fingerprint density at radius 2 is 1.43 bits per heavy atom. The van der Waals surface area contributed by atoms with E-state index in [1.165, 1.54) is 0 Å². The quantitative estimate of drug-likeness (QED) is 0.156. The van der Waals surface area contributed by atoms with Gasteiger partial charge < -0.3 is 32.2 Å². The number of epoxide rings is 1. The lowest BCUT2D eigenvalue weighted by molar-refractivity contribution is -0.128. The fourth-order valence-electron chi connectivity index (χ4n) is 4.41. The number of benzene rings is 3. The molecule has 7 N–H and O–H groups in total. The highest BCUT2D eigenvalue weighted by Crippen LogP contribution is 2.25. The average molecular weight is 568 g/mol. The number of amides is 4. The first kappa shape index (κ1) is 30.6. The molecule has 4 rings (SSSR count). The van der Waals surface area contributed by atoms with E-state index in [1.54, 1.807) is 6.07 Å². The van der Waals surface area contributed by atoms with Crippen LogP contribution in [0.1, 0.15) is 24.8 Å². The lowest BCUT2D eigenvalue weighted by Crippen LogP contribution is -2.49. The Bertz CT molecular complexity index is 1330. The van der Waals surface area contributed by atoms with E-state index in [2.05, 4.69) is 16.0 Å². The summed E-state index contributed by atoms with van der Waals surface area (Å²) in [5.74, 6) is -2.27. The van der Waals surface area contributed by atoms with Crippen molar-refractivity contribution in [3.8, 4) is 0 Å². The molecule has 0 saturated carbocycles. The van der Waals surface area contributed by atoms with Crippen LogP contribution in [0.4, 0.5) is 5.69 Å². The molecular formula is C29H34ClN5O5. The summed E-state index contributed by atoms with van der Waals surface area (Å²) in [6.45, 7) is 0.462. The van der Waals surface area contributed by atoms with Gasteiger partial charge in [-0.25, -0.2) is 0 Å². The smallest absolute Gasteiger partial charge is 0.253 e. The lowest BCUT2D eigenvalue weighted by Gasteiger charge is -2.19. The molecule has 0 radical (unpaired) electrons. The standard InChI is InChI=1S/C29H33N5O5.ClH/c30-16-7-6-14-22(27(36)32-21-15-8-12-19-11-4-5-13-20(19)21)33-28(37)24-25(39-24)29(38)34-23(26(31)35)17-18-9-2-1-3-10-18;/h1-5,8-13,15,22-25H,6-7,14,16-17,30H2,(H2,31,35)(H,32,36)(H,33,37)(H,34,38);1H/t22-,23-,24?,25?;/m0./s1. The molecule has 10 nitrogen and oxygen atoms in total. The van der Waals surface area contributed by atoms with Crippen molar-refractivity contribution in [2.45, 2.75) is 50.0 Å². The Hall–Kier alpha value is -3.99. The second-order valence-electron chi connectivity index (χ2n) is 9.49. The van der Waals surface area contributed by atoms with Gasteiger partial charge in [0.15, 0.2) is 12.2 Å². The van der Waals surface area contributed by atoms with E-state index in [9.17, 15) is 19.2 Å². The van der Waals surface area contributed by atoms with Crippen molar-refractivity contribution in [3.05, 3.63) is 78.4 Å². The molecule has 1 aliphatic rings. The number of rotatable bonds is 13. The van der Waals surface area contributed by atoms with Gasteiger partial charge in [0.25, 0.3) is 11.8 Å². The number of carbonyl (C=O) groups is 4. The molecule has 0 spiro atoms. The zero-order chi connectivity index (χ0) is 27.8. The highest BCUT2D eigenvalue weighted by atomic mass is 35.5. The van der Waals surface area contributed by atoms with Crippen molar-refractivity contribution in [1.29, 1.82) is 0 Å². The maximum absolute atomic E-state index is 13.2. The van der Waals surface area contributed by atoms with Crippen LogP contribution in [0.3, 0.4) is 0 Å². The summed E-state index contributed by atoms with van der Waals surface area (Å²) in [5, 5.41) is 10.1. The monoisotopic (exact) mass is 567 g/mol. The van der Waals surface area contributed by atoms with Crippen LogP contribution < -0.4 is 27.4 Å². The predicted molar refractivity (Wildman–Crippen MR) is 155 cm³/mol. The fourth-order valence-corrected chi connectivity index (χ4v) is 4.41. The molecule has 212 valence electrons. The van der Waals surface area contributed by atoms with E-state index in [0.717, 1.165) is 16.3 Å². The van der Waals surface area contributed by atoms with E-state index in [1.807, 2.05) is 66.7 Å². The summed E-state index contributed by atoms with van der Waals surface area (Å²) in [6.07, 6.45) is -0.257. The van der Waals surface area contributed by atoms with Crippen LogP contribution in [-0.4, -0.2) is 54.5 Å². The van der Waals surface area contributed by atoms with Crippen molar-refractivity contribution in [3.63, 3.8) is 0 Å². The molecule has 4 amide bonds. The van der Waals surface area contributed by atoms with E-state index >= 15 is 0 Å². The van der Waals surface area contributed by atoms with Crippen molar-refractivity contribution in [2.75, 3.05) is 11.9 Å². The average Bonchev–Trinajstić information content (AvgIpc) is 3.74. The molecule has 3 aromatic rings. The minimum Gasteiger partial charge on any atom is -0.368 e. The molecule has 2 unspecified atom stereocenters. The minimum absolute atomic E-state index is 0. The number of nitrogens with one attached hydrogen (secondary N) is 3. The summed E-state index contributed by atoms with van der Waals surface area (Å²) in [5.41, 5.74) is 12.5. The van der Waals surface area contributed by atoms with Gasteiger partial charge >= 0.3 is 0 Å². The minimum atomic E-state index is -1.08. The van der Waals surface area contributed by atoms with E-state index < -0.39 is 42.0 Å². The zero-order valence-corrected chi connectivity index (χ0v) is 22.7. The van der Waals surface area contributed by atoms with E-state index in [4.69, 9.17) is 16.2 Å². The number of carbonyl (C=O) groups excluding carboxylic acids is 4. The lowest BCUT2D eigenvalue weighted by atomic mass is 10.1. The van der Waals surface area contributed by atoms with Gasteiger partial charge in [0, 0.05) is 17.5 Å². The Balaban J connectivity index is 0.00000441. The molecule has 1 aliphatic heterocycles. The first-order valence-electron chi connectivity index (χ1n) is 13.0. The summed E-state index contributed by atoms with van der Waals surface area (Å²) in [7, 11) is 0. The third kappa shape index (κ3) is 8.01. The van der Waals surface area contributed by atoms with Crippen LogP contribution >= 0.6 is 12.4 Å². The Morgan fingerprint density at radius 3 is 2.10 bits per heavy atom. The molecule has 0 aliphatic carbocycles. The van der Waals surface area contributed by atoms with Crippen molar-refractivity contribution < 1.29 is 23.9 Å². The van der Waals surface area contributed by atoms with E-state index in [0.29, 0.717) is 31.5 Å². The third-order valence-corrected chi connectivity index (χ3v) is 6.58. The molecule has 0 bridgehead atoms. The Labute approximate surface area is 238 Å². The number of unbranched alkanes of at least 4 members (excludes halogenated alkanes) is 1. The third-order valence-electron chi connectivity index (χ3n) is 6.58. The largest absolute Gasteiger partial charge is 0.368 e. The molecular weight excluding hydrogens is 534 g/mol. The summed E-state index contributed by atoms with van der Waals surface area (Å²) >= 11 is 0. The van der Waals surface area contributed by atoms with Gasteiger partial charge in [-0.3, -0.25) is 19.2 Å². The fraction of sp³-hybridized carbons (Fsp3) is 0.310. The number of anilines is 1. The molecule has 11 heteroatoms. The summed E-state index contributed by atoms with van der Waals surface area (Å²) < 4.78 is 5.33. The van der Waals surface area contributed by atoms with Crippen molar-refractivity contribution in [2.24, 2.45) is 11.5 Å². The van der Waals surface area contributed by atoms with Crippen LogP contribution in [0.2, 0.25) is 0 Å². The first-order chi connectivity index (χ1) is 18.9. The molecule has 1 fully saturated rings. The second kappa shape index (κ2) is 14.4. The molecule has 40 heavy (non-hydrogen) atoms. The number of ether oxygens (including phenoxy) is 1. The van der Waals surface area contributed by atoms with Crippen molar-refractivity contribution >= 4 is 52.5 Å². The van der Waals surface area contributed by atoms with Gasteiger partial charge in [-0.05, 0) is 42.8 Å². The van der Waals surface area contributed by atoms with Gasteiger partial charge in [0.05, 0.1) is 0 Å². The Morgan fingerprint density at radius 1 is 0.800 bits per heavy atom. The SMILES string of the molecule is Cl.NCCCC[C@H](NC(=O)C1OC1C(=O)N[C@@H](Cc1ccccc1)C(N)=O)C(=O)Nc1cccc2ccccc12. The Kier molecular flexibility index (Phi) is 11.0. The van der Waals surface area contributed by atoms with E-state index in [-0.39, 0.29) is 24.7 Å². The van der Waals surface area contributed by atoms with Crippen LogP contribution in [0.25, 0.3) is 10.8 Å². The normalized spacial score (nSPS) is 17.1. The zero-order valence-electron chi connectivity index (χ0n) is 21.9. The molecule has 1 saturated heterocycles. The van der Waals surface area contributed by atoms with Crippen molar-refractivity contribution in [1.82, 2.24) is 10.6 Å². The first-order valence-corrected chi connectivity index (χ1v) is 13.0. The number of primary amides is 1. The van der Waals surface area contributed by atoms with Gasteiger partial charge in [0.1, 0.15) is 12.1 Å². The van der Waals surface area contributed by atoms with Crippen LogP contribution in [0.5, 0.6) is 0 Å². The predicted octanol–water partition coefficient (Wildman–Crippen LogP) is 1.79. The highest BCUT2D eigenvalue weighted by molar-refractivity contribution is 6.05. The van der Waals surface area contributed by atoms with Crippen LogP contribution in [0.15, 0.2) is 72.8 Å². The second-order valence-corrected chi connectivity index (χ2v) is 9.49. The molecule has 3 aromatic carbocycles. The number of fused-ring (bicyclic) bond motifs is 1. The van der Waals surface area contributed by atoms with Crippen LogP contribution in [0, 0.1) is 0 Å². The van der Waals surface area contributed by atoms with Gasteiger partial charge in [-0.1, -0.05) is 66.7 Å². The number of hydrogen-bond acceptors (Lipinski definition) is 6. The maximum atomic E-state index is 13.2. The molecule has 1 heterocycles. The number of nitrogens with two attached hydrogens (primary N) is 2. The summed E-state index contributed by atoms with van der Waals surface area (Å²) in [4.78, 5) is 50.8. The van der Waals surface area contributed by atoms with Gasteiger partial charge in [0.2, 0.25) is 11.8 Å². The van der Waals surface area contributed by atoms with Gasteiger partial charge in [-0.2, -0.15) is 0 Å². The number of halogens is 1. The molecule has 4 atom stereocenters. The molecule has 0 aromatic heterocycles.